The number of halogens is 1. The predicted octanol–water partition coefficient (Wildman–Crippen LogP) is 4.07. The second kappa shape index (κ2) is 5.46. The predicted molar refractivity (Wildman–Crippen MR) is 82.9 cm³/mol. The first-order chi connectivity index (χ1) is 9.29. The molecule has 0 atom stereocenters. The standard InChI is InChI=1S/C15H16ClNO2S/c1-10-8-12(3)15(9-11(10)2)20(18,19)17-14-6-4-13(16)5-7-14/h4-9,17H,1-3H3. The molecule has 0 fully saturated rings. The molecule has 0 aromatic heterocycles. The van der Waals surface area contributed by atoms with E-state index in [1.807, 2.05) is 19.9 Å². The summed E-state index contributed by atoms with van der Waals surface area (Å²) >= 11 is 5.79. The van der Waals surface area contributed by atoms with Gasteiger partial charge in [-0.3, -0.25) is 4.72 Å². The molecule has 5 heteroatoms. The van der Waals surface area contributed by atoms with Crippen LogP contribution in [-0.4, -0.2) is 8.42 Å². The van der Waals surface area contributed by atoms with E-state index in [1.165, 1.54) is 0 Å². The van der Waals surface area contributed by atoms with Crippen molar-refractivity contribution in [1.82, 2.24) is 0 Å². The summed E-state index contributed by atoms with van der Waals surface area (Å²) in [6.07, 6.45) is 0. The van der Waals surface area contributed by atoms with Crippen molar-refractivity contribution >= 4 is 27.3 Å². The first-order valence-corrected chi connectivity index (χ1v) is 8.02. The Morgan fingerprint density at radius 1 is 0.900 bits per heavy atom. The molecule has 0 bridgehead atoms. The molecule has 106 valence electrons. The van der Waals surface area contributed by atoms with Crippen LogP contribution in [0.15, 0.2) is 41.3 Å². The Hall–Kier alpha value is -1.52. The van der Waals surface area contributed by atoms with Crippen LogP contribution in [0.5, 0.6) is 0 Å². The summed E-state index contributed by atoms with van der Waals surface area (Å²) in [6.45, 7) is 5.66. The molecular formula is C15H16ClNO2S. The highest BCUT2D eigenvalue weighted by atomic mass is 35.5. The van der Waals surface area contributed by atoms with Gasteiger partial charge in [0, 0.05) is 10.7 Å². The van der Waals surface area contributed by atoms with E-state index < -0.39 is 10.0 Å². The summed E-state index contributed by atoms with van der Waals surface area (Å²) < 4.78 is 27.4. The van der Waals surface area contributed by atoms with Gasteiger partial charge in [0.25, 0.3) is 10.0 Å². The van der Waals surface area contributed by atoms with Crippen LogP contribution in [0.3, 0.4) is 0 Å². The largest absolute Gasteiger partial charge is 0.280 e. The smallest absolute Gasteiger partial charge is 0.262 e. The van der Waals surface area contributed by atoms with E-state index in [0.29, 0.717) is 15.6 Å². The first kappa shape index (κ1) is 14.9. The monoisotopic (exact) mass is 309 g/mol. The molecule has 0 aliphatic rings. The van der Waals surface area contributed by atoms with Gasteiger partial charge in [-0.2, -0.15) is 0 Å². The van der Waals surface area contributed by atoms with Gasteiger partial charge < -0.3 is 0 Å². The van der Waals surface area contributed by atoms with Crippen LogP contribution >= 0.6 is 11.6 Å². The van der Waals surface area contributed by atoms with Gasteiger partial charge in [-0.25, -0.2) is 8.42 Å². The Kier molecular flexibility index (Phi) is 4.06. The maximum atomic E-state index is 12.4. The first-order valence-electron chi connectivity index (χ1n) is 6.16. The third kappa shape index (κ3) is 3.14. The van der Waals surface area contributed by atoms with Crippen molar-refractivity contribution in [3.8, 4) is 0 Å². The highest BCUT2D eigenvalue weighted by molar-refractivity contribution is 7.92. The molecule has 2 aromatic rings. The average molecular weight is 310 g/mol. The third-order valence-electron chi connectivity index (χ3n) is 3.18. The topological polar surface area (TPSA) is 46.2 Å². The van der Waals surface area contributed by atoms with E-state index >= 15 is 0 Å². The van der Waals surface area contributed by atoms with Gasteiger partial charge in [-0.1, -0.05) is 17.7 Å². The van der Waals surface area contributed by atoms with Gasteiger partial charge >= 0.3 is 0 Å². The molecule has 2 aromatic carbocycles. The summed E-state index contributed by atoms with van der Waals surface area (Å²) in [4.78, 5) is 0.301. The molecule has 2 rings (SSSR count). The van der Waals surface area contributed by atoms with E-state index in [9.17, 15) is 8.42 Å². The summed E-state index contributed by atoms with van der Waals surface area (Å²) in [7, 11) is -3.59. The maximum absolute atomic E-state index is 12.4. The lowest BCUT2D eigenvalue weighted by Gasteiger charge is -2.12. The number of aryl methyl sites for hydroxylation is 3. The quantitative estimate of drug-likeness (QED) is 0.929. The minimum Gasteiger partial charge on any atom is -0.280 e. The van der Waals surface area contributed by atoms with Crippen molar-refractivity contribution in [3.63, 3.8) is 0 Å². The number of anilines is 1. The Morgan fingerprint density at radius 2 is 1.45 bits per heavy atom. The SMILES string of the molecule is Cc1cc(C)c(S(=O)(=O)Nc2ccc(Cl)cc2)cc1C. The molecule has 0 aliphatic heterocycles. The average Bonchev–Trinajstić information content (AvgIpc) is 2.36. The van der Waals surface area contributed by atoms with Crippen LogP contribution < -0.4 is 4.72 Å². The lowest BCUT2D eigenvalue weighted by Crippen LogP contribution is -2.14. The molecule has 1 N–H and O–H groups in total. The molecule has 0 radical (unpaired) electrons. The Labute approximate surface area is 124 Å². The zero-order valence-corrected chi connectivity index (χ0v) is 13.1. The normalized spacial score (nSPS) is 11.4. The van der Waals surface area contributed by atoms with Crippen LogP contribution in [0.1, 0.15) is 16.7 Å². The zero-order chi connectivity index (χ0) is 14.9. The van der Waals surface area contributed by atoms with Gasteiger partial charge in [-0.15, -0.1) is 0 Å². The summed E-state index contributed by atoms with van der Waals surface area (Å²) in [6, 6.07) is 10.1. The third-order valence-corrected chi connectivity index (χ3v) is 4.95. The van der Waals surface area contributed by atoms with Crippen molar-refractivity contribution in [3.05, 3.63) is 58.1 Å². The van der Waals surface area contributed by atoms with Crippen LogP contribution in [0.2, 0.25) is 5.02 Å². The fraction of sp³-hybridized carbons (Fsp3) is 0.200. The molecule has 0 aliphatic carbocycles. The van der Waals surface area contributed by atoms with Gasteiger partial charge in [-0.05, 0) is 67.8 Å². The Morgan fingerprint density at radius 3 is 2.05 bits per heavy atom. The number of benzene rings is 2. The summed E-state index contributed by atoms with van der Waals surface area (Å²) in [5.74, 6) is 0. The van der Waals surface area contributed by atoms with Crippen LogP contribution in [-0.2, 0) is 10.0 Å². The second-order valence-corrected chi connectivity index (χ2v) is 6.90. The molecule has 3 nitrogen and oxygen atoms in total. The molecule has 0 unspecified atom stereocenters. The zero-order valence-electron chi connectivity index (χ0n) is 11.6. The lowest BCUT2D eigenvalue weighted by molar-refractivity contribution is 0.600. The minimum absolute atomic E-state index is 0.301. The second-order valence-electron chi connectivity index (χ2n) is 4.81. The highest BCUT2D eigenvalue weighted by Crippen LogP contribution is 2.23. The fourth-order valence-corrected chi connectivity index (χ4v) is 3.45. The number of nitrogens with one attached hydrogen (secondary N) is 1. The lowest BCUT2D eigenvalue weighted by atomic mass is 10.1. The molecule has 20 heavy (non-hydrogen) atoms. The minimum atomic E-state index is -3.59. The number of rotatable bonds is 3. The van der Waals surface area contributed by atoms with Gasteiger partial charge in [0.1, 0.15) is 0 Å². The van der Waals surface area contributed by atoms with Crippen LogP contribution in [0.25, 0.3) is 0 Å². The fourth-order valence-electron chi connectivity index (χ4n) is 1.95. The van der Waals surface area contributed by atoms with E-state index in [-0.39, 0.29) is 0 Å². The van der Waals surface area contributed by atoms with Gasteiger partial charge in [0.15, 0.2) is 0 Å². The van der Waals surface area contributed by atoms with Crippen molar-refractivity contribution in [2.45, 2.75) is 25.7 Å². The van der Waals surface area contributed by atoms with Crippen LogP contribution in [0, 0.1) is 20.8 Å². The number of hydrogen-bond donors (Lipinski definition) is 1. The van der Waals surface area contributed by atoms with Crippen molar-refractivity contribution in [2.75, 3.05) is 4.72 Å². The molecule has 0 heterocycles. The molecular weight excluding hydrogens is 294 g/mol. The van der Waals surface area contributed by atoms with Gasteiger partial charge in [0.05, 0.1) is 4.90 Å². The van der Waals surface area contributed by atoms with E-state index in [1.54, 1.807) is 37.3 Å². The van der Waals surface area contributed by atoms with Crippen molar-refractivity contribution in [1.29, 1.82) is 0 Å². The molecule has 0 amide bonds. The molecule has 0 spiro atoms. The van der Waals surface area contributed by atoms with Gasteiger partial charge in [0.2, 0.25) is 0 Å². The van der Waals surface area contributed by atoms with E-state index in [4.69, 9.17) is 11.6 Å². The van der Waals surface area contributed by atoms with Crippen molar-refractivity contribution < 1.29 is 8.42 Å². The van der Waals surface area contributed by atoms with E-state index in [0.717, 1.165) is 16.7 Å². The summed E-state index contributed by atoms with van der Waals surface area (Å²) in [5.41, 5.74) is 3.25. The maximum Gasteiger partial charge on any atom is 0.262 e. The highest BCUT2D eigenvalue weighted by Gasteiger charge is 2.17. The number of sulfonamides is 1. The van der Waals surface area contributed by atoms with E-state index in [2.05, 4.69) is 4.72 Å². The molecule has 0 saturated carbocycles. The Bertz CT molecular complexity index is 737. The summed E-state index contributed by atoms with van der Waals surface area (Å²) in [5, 5.41) is 0.565. The molecule has 0 saturated heterocycles. The number of hydrogen-bond acceptors (Lipinski definition) is 2. The van der Waals surface area contributed by atoms with Crippen molar-refractivity contribution in [2.24, 2.45) is 0 Å². The van der Waals surface area contributed by atoms with Crippen LogP contribution in [0.4, 0.5) is 5.69 Å². The Balaban J connectivity index is 2.40.